The average Bonchev–Trinajstić information content (AvgIpc) is 2.86. The fraction of sp³-hybridized carbons (Fsp3) is 0.345. The largest absolute Gasteiger partial charge is 0.478 e. The van der Waals surface area contributed by atoms with Crippen LogP contribution in [0, 0.1) is 6.92 Å². The summed E-state index contributed by atoms with van der Waals surface area (Å²) in [6.07, 6.45) is 8.58. The van der Waals surface area contributed by atoms with Crippen molar-refractivity contribution >= 4 is 17.6 Å². The van der Waals surface area contributed by atoms with Gasteiger partial charge in [-0.05, 0) is 67.8 Å². The molecular weight excluding hydrogens is 438 g/mol. The minimum Gasteiger partial charge on any atom is -0.478 e. The second-order valence-corrected chi connectivity index (χ2v) is 9.31. The fourth-order valence-electron chi connectivity index (χ4n) is 4.63. The number of aryl methyl sites for hydroxylation is 1. The molecule has 2 aromatic carbocycles. The van der Waals surface area contributed by atoms with E-state index >= 15 is 0 Å². The van der Waals surface area contributed by atoms with Crippen LogP contribution in [0.5, 0.6) is 0 Å². The number of rotatable bonds is 4. The maximum absolute atomic E-state index is 13.6. The molecule has 0 spiro atoms. The number of anilines is 1. The summed E-state index contributed by atoms with van der Waals surface area (Å²) in [5.74, 6) is -1.07. The number of aromatic carboxylic acids is 1. The molecule has 0 bridgehead atoms. The molecule has 6 nitrogen and oxygen atoms in total. The number of pyridine rings is 1. The van der Waals surface area contributed by atoms with Crippen LogP contribution in [0.4, 0.5) is 5.69 Å². The number of fused-ring (bicyclic) bond motifs is 1. The Morgan fingerprint density at radius 2 is 1.66 bits per heavy atom. The monoisotopic (exact) mass is 471 g/mol. The first-order chi connectivity index (χ1) is 17.0. The van der Waals surface area contributed by atoms with E-state index in [0.29, 0.717) is 18.7 Å². The second kappa shape index (κ2) is 11.8. The van der Waals surface area contributed by atoms with Gasteiger partial charge in [0.2, 0.25) is 0 Å². The van der Waals surface area contributed by atoms with Gasteiger partial charge in [-0.2, -0.15) is 0 Å². The number of nitrogens with zero attached hydrogens (tertiary/aromatic N) is 3. The summed E-state index contributed by atoms with van der Waals surface area (Å²) in [6, 6.07) is 17.2. The molecule has 35 heavy (non-hydrogen) atoms. The van der Waals surface area contributed by atoms with Crippen LogP contribution in [0.1, 0.15) is 69.5 Å². The number of carboxylic acid groups (broad SMARTS) is 1. The number of hydrogen-bond donors (Lipinski definition) is 1. The average molecular weight is 472 g/mol. The molecule has 182 valence electrons. The van der Waals surface area contributed by atoms with Crippen LogP contribution in [-0.4, -0.2) is 40.0 Å². The highest BCUT2D eigenvalue weighted by atomic mass is 16.4. The first-order valence-electron chi connectivity index (χ1n) is 12.4. The maximum atomic E-state index is 13.6. The third-order valence-electron chi connectivity index (χ3n) is 6.55. The summed E-state index contributed by atoms with van der Waals surface area (Å²) in [6.45, 7) is 4.93. The lowest BCUT2D eigenvalue weighted by Crippen LogP contribution is -2.34. The Morgan fingerprint density at radius 3 is 2.37 bits per heavy atom. The molecule has 2 heterocycles. The summed E-state index contributed by atoms with van der Waals surface area (Å²) < 4.78 is 0. The number of carbonyl (C=O) groups is 2. The molecule has 0 atom stereocenters. The van der Waals surface area contributed by atoms with E-state index in [9.17, 15) is 14.7 Å². The molecule has 1 aliphatic rings. The Balaban J connectivity index is 1.72. The number of benzene rings is 2. The smallest absolute Gasteiger partial charge is 0.335 e. The van der Waals surface area contributed by atoms with Crippen LogP contribution in [0.25, 0.3) is 0 Å². The molecule has 1 amide bonds. The van der Waals surface area contributed by atoms with Crippen molar-refractivity contribution in [2.24, 2.45) is 0 Å². The third kappa shape index (κ3) is 6.55. The first kappa shape index (κ1) is 24.6. The van der Waals surface area contributed by atoms with Gasteiger partial charge < -0.3 is 10.0 Å². The van der Waals surface area contributed by atoms with Gasteiger partial charge in [-0.3, -0.25) is 14.7 Å². The van der Waals surface area contributed by atoms with Gasteiger partial charge in [-0.15, -0.1) is 0 Å². The van der Waals surface area contributed by atoms with E-state index in [4.69, 9.17) is 0 Å². The van der Waals surface area contributed by atoms with Gasteiger partial charge in [-0.25, -0.2) is 4.79 Å². The van der Waals surface area contributed by atoms with Crippen LogP contribution in [0.15, 0.2) is 67.0 Å². The van der Waals surface area contributed by atoms with Crippen molar-refractivity contribution in [3.63, 3.8) is 0 Å². The van der Waals surface area contributed by atoms with E-state index in [2.05, 4.69) is 41.1 Å². The number of hydrogen-bond acceptors (Lipinski definition) is 4. The topological polar surface area (TPSA) is 73.7 Å². The summed E-state index contributed by atoms with van der Waals surface area (Å²) in [5.41, 5.74) is 4.85. The van der Waals surface area contributed by atoms with Crippen molar-refractivity contribution in [2.75, 3.05) is 18.0 Å². The Bertz CT molecular complexity index is 1150. The lowest BCUT2D eigenvalue weighted by molar-refractivity contribution is 0.0696. The lowest BCUT2D eigenvalue weighted by Gasteiger charge is -2.29. The molecular formula is C29H33N3O3. The van der Waals surface area contributed by atoms with Crippen molar-refractivity contribution < 1.29 is 14.7 Å². The Hall–Kier alpha value is -3.51. The van der Waals surface area contributed by atoms with Crippen LogP contribution in [0.3, 0.4) is 0 Å². The zero-order valence-electron chi connectivity index (χ0n) is 20.3. The van der Waals surface area contributed by atoms with E-state index in [1.165, 1.54) is 11.1 Å². The van der Waals surface area contributed by atoms with E-state index in [-0.39, 0.29) is 11.5 Å². The van der Waals surface area contributed by atoms with Gasteiger partial charge in [0, 0.05) is 37.7 Å². The lowest BCUT2D eigenvalue weighted by atomic mass is 10.0. The van der Waals surface area contributed by atoms with E-state index in [0.717, 1.165) is 56.4 Å². The Morgan fingerprint density at radius 1 is 0.914 bits per heavy atom. The zero-order valence-corrected chi connectivity index (χ0v) is 20.3. The summed E-state index contributed by atoms with van der Waals surface area (Å²) in [4.78, 5) is 33.7. The van der Waals surface area contributed by atoms with Crippen molar-refractivity contribution in [3.05, 3.63) is 94.8 Å². The molecule has 3 aromatic rings. The van der Waals surface area contributed by atoms with Crippen LogP contribution >= 0.6 is 0 Å². The quantitative estimate of drug-likeness (QED) is 0.528. The standard InChI is InChI=1S/C29H33N3O3/c1-22-9-11-23(12-10-22)20-31-16-5-3-2-4-6-17-32(28(33)25-8-7-15-30-19-25)27-14-13-24(29(34)35)18-26(27)21-31/h7-15,18-19H,2-6,16-17,20-21H2,1H3,(H,34,35). The predicted octanol–water partition coefficient (Wildman–Crippen LogP) is 5.70. The number of carboxylic acids is 1. The molecule has 1 N–H and O–H groups in total. The Labute approximate surface area is 207 Å². The number of aromatic nitrogens is 1. The number of carbonyl (C=O) groups excluding carboxylic acids is 1. The maximum Gasteiger partial charge on any atom is 0.335 e. The van der Waals surface area contributed by atoms with Crippen molar-refractivity contribution in [1.82, 2.24) is 9.88 Å². The normalized spacial score (nSPS) is 15.5. The summed E-state index contributed by atoms with van der Waals surface area (Å²) in [5, 5.41) is 9.67. The highest BCUT2D eigenvalue weighted by molar-refractivity contribution is 6.06. The van der Waals surface area contributed by atoms with Gasteiger partial charge >= 0.3 is 5.97 Å². The zero-order chi connectivity index (χ0) is 24.6. The van der Waals surface area contributed by atoms with Crippen LogP contribution < -0.4 is 4.90 Å². The number of amides is 1. The highest BCUT2D eigenvalue weighted by Gasteiger charge is 2.23. The molecule has 4 rings (SSSR count). The molecule has 0 aliphatic carbocycles. The molecule has 0 fully saturated rings. The SMILES string of the molecule is Cc1ccc(CN2CCCCCCCN(C(=O)c3cccnc3)c3ccc(C(=O)O)cc3C2)cc1. The first-order valence-corrected chi connectivity index (χ1v) is 12.4. The van der Waals surface area contributed by atoms with Crippen molar-refractivity contribution in [1.29, 1.82) is 0 Å². The van der Waals surface area contributed by atoms with Gasteiger partial charge in [0.1, 0.15) is 0 Å². The minimum atomic E-state index is -0.964. The van der Waals surface area contributed by atoms with Gasteiger partial charge in [0.25, 0.3) is 5.91 Å². The van der Waals surface area contributed by atoms with Gasteiger partial charge in [-0.1, -0.05) is 49.1 Å². The predicted molar refractivity (Wildman–Crippen MR) is 138 cm³/mol. The van der Waals surface area contributed by atoms with Gasteiger partial charge in [0.05, 0.1) is 11.1 Å². The van der Waals surface area contributed by atoms with Gasteiger partial charge in [0.15, 0.2) is 0 Å². The minimum absolute atomic E-state index is 0.107. The molecule has 0 saturated heterocycles. The molecule has 1 aromatic heterocycles. The van der Waals surface area contributed by atoms with Crippen LogP contribution in [0.2, 0.25) is 0 Å². The third-order valence-corrected chi connectivity index (χ3v) is 6.55. The molecule has 1 aliphatic heterocycles. The highest BCUT2D eigenvalue weighted by Crippen LogP contribution is 2.28. The fourth-order valence-corrected chi connectivity index (χ4v) is 4.63. The summed E-state index contributed by atoms with van der Waals surface area (Å²) in [7, 11) is 0. The molecule has 0 unspecified atom stereocenters. The Kier molecular flexibility index (Phi) is 8.27. The van der Waals surface area contributed by atoms with E-state index in [1.807, 2.05) is 4.90 Å². The molecule has 6 heteroatoms. The van der Waals surface area contributed by atoms with E-state index < -0.39 is 5.97 Å². The second-order valence-electron chi connectivity index (χ2n) is 9.31. The van der Waals surface area contributed by atoms with Crippen molar-refractivity contribution in [2.45, 2.75) is 52.1 Å². The molecule has 0 saturated carbocycles. The van der Waals surface area contributed by atoms with Crippen LogP contribution in [-0.2, 0) is 13.1 Å². The van der Waals surface area contributed by atoms with E-state index in [1.54, 1.807) is 42.7 Å². The summed E-state index contributed by atoms with van der Waals surface area (Å²) >= 11 is 0. The molecule has 0 radical (unpaired) electrons. The van der Waals surface area contributed by atoms with Crippen molar-refractivity contribution in [3.8, 4) is 0 Å².